The molecule has 1 aliphatic heterocycles. The fourth-order valence-electron chi connectivity index (χ4n) is 3.76. The molecule has 1 fully saturated rings. The van der Waals surface area contributed by atoms with Gasteiger partial charge < -0.3 is 10.2 Å². The number of likely N-dealkylation sites (tertiary alicyclic amines) is 1. The highest BCUT2D eigenvalue weighted by molar-refractivity contribution is 5.89. The van der Waals surface area contributed by atoms with Crippen LogP contribution in [0.25, 0.3) is 0 Å². The molecule has 0 spiro atoms. The summed E-state index contributed by atoms with van der Waals surface area (Å²) < 4.78 is 13.0. The molecule has 1 aliphatic rings. The van der Waals surface area contributed by atoms with Crippen molar-refractivity contribution in [2.24, 2.45) is 0 Å². The third-order valence-corrected chi connectivity index (χ3v) is 5.34. The van der Waals surface area contributed by atoms with E-state index in [2.05, 4.69) is 5.32 Å². The number of nitrogens with one attached hydrogen (secondary N) is 1. The van der Waals surface area contributed by atoms with Crippen LogP contribution >= 0.6 is 0 Å². The molecular weight excluding hydrogens is 343 g/mol. The van der Waals surface area contributed by atoms with Crippen molar-refractivity contribution in [3.63, 3.8) is 0 Å². The lowest BCUT2D eigenvalue weighted by Crippen LogP contribution is -2.53. The second-order valence-corrected chi connectivity index (χ2v) is 6.99. The normalized spacial score (nSPS) is 16.0. The second-order valence-electron chi connectivity index (χ2n) is 6.99. The van der Waals surface area contributed by atoms with Crippen LogP contribution in [0.2, 0.25) is 0 Å². The van der Waals surface area contributed by atoms with Gasteiger partial charge in [0.1, 0.15) is 5.82 Å². The molecule has 2 aromatic carbocycles. The maximum Gasteiger partial charge on any atom is 0.230 e. The first-order valence-corrected chi connectivity index (χ1v) is 9.41. The third kappa shape index (κ3) is 4.18. The summed E-state index contributed by atoms with van der Waals surface area (Å²) in [7, 11) is 0. The lowest BCUT2D eigenvalue weighted by Gasteiger charge is -2.41. The number of carbonyl (C=O) groups excluding carboxylic acids is 2. The van der Waals surface area contributed by atoms with E-state index in [1.807, 2.05) is 42.2 Å². The van der Waals surface area contributed by atoms with E-state index in [0.717, 1.165) is 11.1 Å². The molecule has 1 heterocycles. The number of piperidine rings is 1. The molecule has 1 N–H and O–H groups in total. The fraction of sp³-hybridized carbons (Fsp3) is 0.364. The maximum absolute atomic E-state index is 13.0. The topological polar surface area (TPSA) is 49.4 Å². The SMILES string of the molecule is CCNC(=O)C1(c2ccccc2)CCN(C(=O)Cc2ccc(F)cc2)CC1. The third-order valence-electron chi connectivity index (χ3n) is 5.34. The van der Waals surface area contributed by atoms with Gasteiger partial charge in [-0.25, -0.2) is 4.39 Å². The summed E-state index contributed by atoms with van der Waals surface area (Å²) in [4.78, 5) is 27.3. The Bertz CT molecular complexity index is 782. The number of hydrogen-bond donors (Lipinski definition) is 1. The Morgan fingerprint density at radius 2 is 1.67 bits per heavy atom. The van der Waals surface area contributed by atoms with Crippen LogP contribution in [-0.2, 0) is 21.4 Å². The Hall–Kier alpha value is -2.69. The van der Waals surface area contributed by atoms with Gasteiger partial charge in [0.25, 0.3) is 0 Å². The van der Waals surface area contributed by atoms with Gasteiger partial charge in [-0.2, -0.15) is 0 Å². The van der Waals surface area contributed by atoms with Crippen molar-refractivity contribution in [1.29, 1.82) is 0 Å². The minimum absolute atomic E-state index is 0.0131. The molecule has 0 aromatic heterocycles. The van der Waals surface area contributed by atoms with E-state index in [4.69, 9.17) is 0 Å². The van der Waals surface area contributed by atoms with Crippen molar-refractivity contribution < 1.29 is 14.0 Å². The molecule has 142 valence electrons. The summed E-state index contributed by atoms with van der Waals surface area (Å²) in [6.07, 6.45) is 1.44. The van der Waals surface area contributed by atoms with Crippen LogP contribution in [-0.4, -0.2) is 36.3 Å². The Morgan fingerprint density at radius 1 is 1.04 bits per heavy atom. The van der Waals surface area contributed by atoms with Crippen molar-refractivity contribution in [3.8, 4) is 0 Å². The lowest BCUT2D eigenvalue weighted by molar-refractivity contribution is -0.136. The van der Waals surface area contributed by atoms with E-state index in [-0.39, 0.29) is 24.1 Å². The molecule has 0 bridgehead atoms. The molecule has 0 atom stereocenters. The van der Waals surface area contributed by atoms with Gasteiger partial charge in [0.05, 0.1) is 11.8 Å². The first-order chi connectivity index (χ1) is 13.0. The van der Waals surface area contributed by atoms with E-state index in [1.165, 1.54) is 12.1 Å². The van der Waals surface area contributed by atoms with Crippen LogP contribution in [0.1, 0.15) is 30.9 Å². The van der Waals surface area contributed by atoms with Crippen LogP contribution in [0, 0.1) is 5.82 Å². The minimum Gasteiger partial charge on any atom is -0.356 e. The monoisotopic (exact) mass is 368 g/mol. The van der Waals surface area contributed by atoms with Crippen molar-refractivity contribution in [2.45, 2.75) is 31.6 Å². The first kappa shape index (κ1) is 19.1. The van der Waals surface area contributed by atoms with Crippen LogP contribution in [0.3, 0.4) is 0 Å². The summed E-state index contributed by atoms with van der Waals surface area (Å²) >= 11 is 0. The standard InChI is InChI=1S/C22H25FN2O2/c1-2-24-21(27)22(18-6-4-3-5-7-18)12-14-25(15-13-22)20(26)16-17-8-10-19(23)11-9-17/h3-11H,2,12-16H2,1H3,(H,24,27). The molecule has 0 radical (unpaired) electrons. The molecule has 0 saturated carbocycles. The predicted octanol–water partition coefficient (Wildman–Crippen LogP) is 3.06. The second kappa shape index (κ2) is 8.33. The molecule has 5 heteroatoms. The van der Waals surface area contributed by atoms with Crippen molar-refractivity contribution >= 4 is 11.8 Å². The molecule has 27 heavy (non-hydrogen) atoms. The fourth-order valence-corrected chi connectivity index (χ4v) is 3.76. The maximum atomic E-state index is 13.0. The van der Waals surface area contributed by atoms with Gasteiger partial charge in [0, 0.05) is 19.6 Å². The number of carbonyl (C=O) groups is 2. The Kier molecular flexibility index (Phi) is 5.89. The van der Waals surface area contributed by atoms with E-state index >= 15 is 0 Å². The number of rotatable bonds is 5. The molecule has 2 aromatic rings. The summed E-state index contributed by atoms with van der Waals surface area (Å²) in [6.45, 7) is 3.57. The molecule has 4 nitrogen and oxygen atoms in total. The van der Waals surface area contributed by atoms with Gasteiger partial charge in [0.2, 0.25) is 11.8 Å². The lowest BCUT2D eigenvalue weighted by atomic mass is 9.72. The highest BCUT2D eigenvalue weighted by Crippen LogP contribution is 2.36. The van der Waals surface area contributed by atoms with Crippen molar-refractivity contribution in [3.05, 3.63) is 71.5 Å². The summed E-state index contributed by atoms with van der Waals surface area (Å²) in [5, 5.41) is 2.97. The quantitative estimate of drug-likeness (QED) is 0.882. The average molecular weight is 368 g/mol. The zero-order chi connectivity index (χ0) is 19.3. The molecular formula is C22H25FN2O2. The van der Waals surface area contributed by atoms with Crippen molar-refractivity contribution in [2.75, 3.05) is 19.6 Å². The Balaban J connectivity index is 1.71. The highest BCUT2D eigenvalue weighted by atomic mass is 19.1. The number of benzene rings is 2. The average Bonchev–Trinajstić information content (AvgIpc) is 2.70. The summed E-state index contributed by atoms with van der Waals surface area (Å²) in [6, 6.07) is 15.8. The largest absolute Gasteiger partial charge is 0.356 e. The smallest absolute Gasteiger partial charge is 0.230 e. The van der Waals surface area contributed by atoms with E-state index < -0.39 is 5.41 Å². The Morgan fingerprint density at radius 3 is 2.26 bits per heavy atom. The molecule has 2 amide bonds. The number of amides is 2. The first-order valence-electron chi connectivity index (χ1n) is 9.41. The van der Waals surface area contributed by atoms with Gasteiger partial charge >= 0.3 is 0 Å². The zero-order valence-corrected chi connectivity index (χ0v) is 15.6. The van der Waals surface area contributed by atoms with Crippen molar-refractivity contribution in [1.82, 2.24) is 10.2 Å². The van der Waals surface area contributed by atoms with E-state index in [0.29, 0.717) is 32.5 Å². The predicted molar refractivity (Wildman–Crippen MR) is 103 cm³/mol. The summed E-state index contributed by atoms with van der Waals surface area (Å²) in [5.41, 5.74) is 1.20. The van der Waals surface area contributed by atoms with Gasteiger partial charge in [-0.05, 0) is 43.0 Å². The number of nitrogens with zero attached hydrogens (tertiary/aromatic N) is 1. The van der Waals surface area contributed by atoms with Crippen LogP contribution in [0.5, 0.6) is 0 Å². The zero-order valence-electron chi connectivity index (χ0n) is 15.6. The van der Waals surface area contributed by atoms with Gasteiger partial charge in [-0.3, -0.25) is 9.59 Å². The number of likely N-dealkylation sites (N-methyl/N-ethyl adjacent to an activating group) is 1. The van der Waals surface area contributed by atoms with E-state index in [9.17, 15) is 14.0 Å². The van der Waals surface area contributed by atoms with Crippen LogP contribution in [0.4, 0.5) is 4.39 Å². The summed E-state index contributed by atoms with van der Waals surface area (Å²) in [5.74, 6) is -0.264. The number of halogens is 1. The van der Waals surface area contributed by atoms with Gasteiger partial charge in [-0.15, -0.1) is 0 Å². The molecule has 1 saturated heterocycles. The van der Waals surface area contributed by atoms with Gasteiger partial charge in [-0.1, -0.05) is 42.5 Å². The number of hydrogen-bond acceptors (Lipinski definition) is 2. The highest BCUT2D eigenvalue weighted by Gasteiger charge is 2.43. The molecule has 0 aliphatic carbocycles. The van der Waals surface area contributed by atoms with Gasteiger partial charge in [0.15, 0.2) is 0 Å². The Labute approximate surface area is 159 Å². The van der Waals surface area contributed by atoms with Crippen LogP contribution in [0.15, 0.2) is 54.6 Å². The molecule has 3 rings (SSSR count). The van der Waals surface area contributed by atoms with E-state index in [1.54, 1.807) is 12.1 Å². The minimum atomic E-state index is -0.593. The van der Waals surface area contributed by atoms with Crippen LogP contribution < -0.4 is 5.32 Å². The molecule has 0 unspecified atom stereocenters.